The molecule has 5 heteroatoms. The van der Waals surface area contributed by atoms with Gasteiger partial charge in [0, 0.05) is 17.3 Å². The molecule has 110 valence electrons. The Hall–Kier alpha value is -2.95. The van der Waals surface area contributed by atoms with Gasteiger partial charge in [-0.2, -0.15) is 0 Å². The average molecular weight is 295 g/mol. The van der Waals surface area contributed by atoms with Gasteiger partial charge >= 0.3 is 0 Å². The standard InChI is InChI=1S/C17H14FN3O/c18-13-6-8-14(9-7-13)21-16(22)11-20-15-5-1-3-12-4-2-10-19-17(12)15/h1-10,20H,11H2,(H,21,22). The molecule has 0 bridgehead atoms. The van der Waals surface area contributed by atoms with Crippen molar-refractivity contribution in [2.24, 2.45) is 0 Å². The largest absolute Gasteiger partial charge is 0.374 e. The number of hydrogen-bond donors (Lipinski definition) is 2. The fraction of sp³-hybridized carbons (Fsp3) is 0.0588. The first-order chi connectivity index (χ1) is 10.7. The predicted octanol–water partition coefficient (Wildman–Crippen LogP) is 3.42. The molecule has 1 aromatic heterocycles. The molecule has 3 rings (SSSR count). The van der Waals surface area contributed by atoms with E-state index in [1.165, 1.54) is 24.3 Å². The molecule has 0 spiro atoms. The number of anilines is 2. The second-order valence-electron chi connectivity index (χ2n) is 4.79. The van der Waals surface area contributed by atoms with E-state index in [4.69, 9.17) is 0 Å². The maximum absolute atomic E-state index is 12.8. The van der Waals surface area contributed by atoms with Gasteiger partial charge in [0.2, 0.25) is 5.91 Å². The number of carbonyl (C=O) groups excluding carboxylic acids is 1. The van der Waals surface area contributed by atoms with Crippen LogP contribution in [0.15, 0.2) is 60.8 Å². The maximum atomic E-state index is 12.8. The summed E-state index contributed by atoms with van der Waals surface area (Å²) in [6, 6.07) is 15.2. The molecule has 0 saturated heterocycles. The first-order valence-corrected chi connectivity index (χ1v) is 6.85. The number of nitrogens with zero attached hydrogens (tertiary/aromatic N) is 1. The molecule has 0 radical (unpaired) electrons. The van der Waals surface area contributed by atoms with Crippen LogP contribution in [0.5, 0.6) is 0 Å². The minimum absolute atomic E-state index is 0.104. The lowest BCUT2D eigenvalue weighted by molar-refractivity contribution is -0.114. The van der Waals surface area contributed by atoms with Crippen molar-refractivity contribution in [1.82, 2.24) is 4.98 Å². The number of benzene rings is 2. The van der Waals surface area contributed by atoms with Gasteiger partial charge in [-0.3, -0.25) is 9.78 Å². The average Bonchev–Trinajstić information content (AvgIpc) is 2.55. The first-order valence-electron chi connectivity index (χ1n) is 6.85. The van der Waals surface area contributed by atoms with Crippen molar-refractivity contribution in [2.45, 2.75) is 0 Å². The lowest BCUT2D eigenvalue weighted by atomic mass is 10.2. The van der Waals surface area contributed by atoms with Gasteiger partial charge in [0.05, 0.1) is 17.7 Å². The van der Waals surface area contributed by atoms with Crippen molar-refractivity contribution < 1.29 is 9.18 Å². The SMILES string of the molecule is O=C(CNc1cccc2cccnc12)Nc1ccc(F)cc1. The van der Waals surface area contributed by atoms with Gasteiger partial charge in [0.25, 0.3) is 0 Å². The predicted molar refractivity (Wildman–Crippen MR) is 85.3 cm³/mol. The van der Waals surface area contributed by atoms with E-state index in [9.17, 15) is 9.18 Å². The summed E-state index contributed by atoms with van der Waals surface area (Å²) in [5.41, 5.74) is 2.18. The lowest BCUT2D eigenvalue weighted by Crippen LogP contribution is -2.21. The number of para-hydroxylation sites is 1. The summed E-state index contributed by atoms with van der Waals surface area (Å²) in [5, 5.41) is 6.78. The Morgan fingerprint density at radius 3 is 2.64 bits per heavy atom. The van der Waals surface area contributed by atoms with Crippen molar-refractivity contribution in [1.29, 1.82) is 0 Å². The van der Waals surface area contributed by atoms with Crippen LogP contribution in [0.4, 0.5) is 15.8 Å². The molecule has 0 aliphatic carbocycles. The smallest absolute Gasteiger partial charge is 0.243 e. The van der Waals surface area contributed by atoms with E-state index in [2.05, 4.69) is 15.6 Å². The van der Waals surface area contributed by atoms with E-state index in [0.29, 0.717) is 5.69 Å². The van der Waals surface area contributed by atoms with Crippen molar-refractivity contribution in [3.63, 3.8) is 0 Å². The monoisotopic (exact) mass is 295 g/mol. The fourth-order valence-electron chi connectivity index (χ4n) is 2.16. The third-order valence-electron chi connectivity index (χ3n) is 3.20. The molecule has 1 amide bonds. The number of amides is 1. The summed E-state index contributed by atoms with van der Waals surface area (Å²) in [4.78, 5) is 16.2. The highest BCUT2D eigenvalue weighted by Crippen LogP contribution is 2.20. The van der Waals surface area contributed by atoms with Crippen molar-refractivity contribution in [3.05, 3.63) is 66.6 Å². The van der Waals surface area contributed by atoms with Crippen molar-refractivity contribution in [2.75, 3.05) is 17.2 Å². The number of fused-ring (bicyclic) bond motifs is 1. The van der Waals surface area contributed by atoms with E-state index < -0.39 is 0 Å². The summed E-state index contributed by atoms with van der Waals surface area (Å²) in [6.45, 7) is 0.104. The molecule has 22 heavy (non-hydrogen) atoms. The molecule has 3 aromatic rings. The zero-order valence-corrected chi connectivity index (χ0v) is 11.7. The van der Waals surface area contributed by atoms with Gasteiger partial charge in [-0.05, 0) is 36.4 Å². The molecule has 2 N–H and O–H groups in total. The third-order valence-corrected chi connectivity index (χ3v) is 3.20. The van der Waals surface area contributed by atoms with E-state index in [0.717, 1.165) is 16.6 Å². The highest BCUT2D eigenvalue weighted by atomic mass is 19.1. The van der Waals surface area contributed by atoms with Crippen LogP contribution >= 0.6 is 0 Å². The maximum Gasteiger partial charge on any atom is 0.243 e. The highest BCUT2D eigenvalue weighted by molar-refractivity contribution is 5.96. The van der Waals surface area contributed by atoms with Crippen molar-refractivity contribution in [3.8, 4) is 0 Å². The van der Waals surface area contributed by atoms with Crippen LogP contribution in [-0.4, -0.2) is 17.4 Å². The Bertz CT molecular complexity index is 797. The number of nitrogens with one attached hydrogen (secondary N) is 2. The topological polar surface area (TPSA) is 54.0 Å². The van der Waals surface area contributed by atoms with Gasteiger partial charge < -0.3 is 10.6 Å². The van der Waals surface area contributed by atoms with Crippen LogP contribution in [0.3, 0.4) is 0 Å². The Morgan fingerprint density at radius 1 is 1.05 bits per heavy atom. The molecular weight excluding hydrogens is 281 g/mol. The molecule has 0 aliphatic rings. The molecule has 4 nitrogen and oxygen atoms in total. The summed E-state index contributed by atoms with van der Waals surface area (Å²) in [7, 11) is 0. The lowest BCUT2D eigenvalue weighted by Gasteiger charge is -2.09. The third kappa shape index (κ3) is 3.20. The molecule has 0 fully saturated rings. The molecule has 2 aromatic carbocycles. The molecule has 0 atom stereocenters. The minimum atomic E-state index is -0.335. The molecule has 0 saturated carbocycles. The Labute approximate surface area is 127 Å². The summed E-state index contributed by atoms with van der Waals surface area (Å²) in [6.07, 6.45) is 1.71. The van der Waals surface area contributed by atoms with E-state index >= 15 is 0 Å². The summed E-state index contributed by atoms with van der Waals surface area (Å²) >= 11 is 0. The summed E-state index contributed by atoms with van der Waals surface area (Å²) < 4.78 is 12.8. The zero-order valence-electron chi connectivity index (χ0n) is 11.7. The van der Waals surface area contributed by atoms with E-state index in [1.807, 2.05) is 30.3 Å². The highest BCUT2D eigenvalue weighted by Gasteiger charge is 2.05. The molecule has 1 heterocycles. The van der Waals surface area contributed by atoms with Gasteiger partial charge in [-0.25, -0.2) is 4.39 Å². The van der Waals surface area contributed by atoms with Crippen LogP contribution in [-0.2, 0) is 4.79 Å². The van der Waals surface area contributed by atoms with Crippen LogP contribution in [0, 0.1) is 5.82 Å². The van der Waals surface area contributed by atoms with Crippen LogP contribution < -0.4 is 10.6 Å². The van der Waals surface area contributed by atoms with Gasteiger partial charge in [0.1, 0.15) is 5.82 Å². The Kier molecular flexibility index (Phi) is 3.96. The Balaban J connectivity index is 1.66. The van der Waals surface area contributed by atoms with E-state index in [1.54, 1.807) is 6.20 Å². The van der Waals surface area contributed by atoms with E-state index in [-0.39, 0.29) is 18.3 Å². The van der Waals surface area contributed by atoms with Crippen LogP contribution in [0.25, 0.3) is 10.9 Å². The quantitative estimate of drug-likeness (QED) is 0.775. The van der Waals surface area contributed by atoms with Crippen LogP contribution in [0.1, 0.15) is 0 Å². The number of rotatable bonds is 4. The van der Waals surface area contributed by atoms with Gasteiger partial charge in [0.15, 0.2) is 0 Å². The summed E-state index contributed by atoms with van der Waals surface area (Å²) in [5.74, 6) is -0.544. The van der Waals surface area contributed by atoms with Gasteiger partial charge in [-0.15, -0.1) is 0 Å². The second kappa shape index (κ2) is 6.22. The molecular formula is C17H14FN3O. The van der Waals surface area contributed by atoms with Crippen LogP contribution in [0.2, 0.25) is 0 Å². The number of halogens is 1. The second-order valence-corrected chi connectivity index (χ2v) is 4.79. The number of pyridine rings is 1. The normalized spacial score (nSPS) is 10.4. The first kappa shape index (κ1) is 14.0. The zero-order chi connectivity index (χ0) is 15.4. The number of hydrogen-bond acceptors (Lipinski definition) is 3. The van der Waals surface area contributed by atoms with Gasteiger partial charge in [-0.1, -0.05) is 18.2 Å². The van der Waals surface area contributed by atoms with Crippen molar-refractivity contribution >= 4 is 28.2 Å². The Morgan fingerprint density at radius 2 is 1.82 bits per heavy atom. The fourth-order valence-corrected chi connectivity index (χ4v) is 2.16. The minimum Gasteiger partial charge on any atom is -0.374 e. The number of carbonyl (C=O) groups is 1. The molecule has 0 unspecified atom stereocenters. The number of aromatic nitrogens is 1. The molecule has 0 aliphatic heterocycles.